The van der Waals surface area contributed by atoms with Crippen LogP contribution in [-0.2, 0) is 0 Å². The van der Waals surface area contributed by atoms with Crippen molar-refractivity contribution >= 4 is 21.6 Å². The molecule has 0 saturated carbocycles. The lowest BCUT2D eigenvalue weighted by Crippen LogP contribution is -2.06. The fraction of sp³-hybridized carbons (Fsp3) is 0. The summed E-state index contributed by atoms with van der Waals surface area (Å²) in [4.78, 5) is 4.02. The molecular formula is C12H8BrFN2. The van der Waals surface area contributed by atoms with Gasteiger partial charge in [0.2, 0.25) is 0 Å². The molecule has 1 N–H and O–H groups in total. The van der Waals surface area contributed by atoms with Crippen LogP contribution in [0.2, 0.25) is 0 Å². The van der Waals surface area contributed by atoms with Gasteiger partial charge in [-0.05, 0) is 40.2 Å². The second-order valence-corrected chi connectivity index (χ2v) is 4.05. The van der Waals surface area contributed by atoms with Gasteiger partial charge in [0.25, 0.3) is 0 Å². The van der Waals surface area contributed by atoms with Crippen LogP contribution < -0.4 is 0 Å². The number of hydrogen-bond acceptors (Lipinski definition) is 2. The topological polar surface area (TPSA) is 36.7 Å². The summed E-state index contributed by atoms with van der Waals surface area (Å²) in [5.41, 5.74) is 0.784. The van der Waals surface area contributed by atoms with Crippen molar-refractivity contribution < 1.29 is 4.39 Å². The first-order valence-electron chi connectivity index (χ1n) is 4.64. The molecule has 0 aliphatic heterocycles. The third kappa shape index (κ3) is 2.02. The minimum Gasteiger partial charge on any atom is -0.298 e. The van der Waals surface area contributed by atoms with Crippen LogP contribution in [0.25, 0.3) is 0 Å². The zero-order chi connectivity index (χ0) is 11.5. The number of aromatic nitrogens is 1. The van der Waals surface area contributed by atoms with E-state index in [9.17, 15) is 4.39 Å². The first-order valence-corrected chi connectivity index (χ1v) is 5.44. The van der Waals surface area contributed by atoms with Crippen LogP contribution in [0, 0.1) is 11.2 Å². The largest absolute Gasteiger partial charge is 0.298 e. The maximum absolute atomic E-state index is 13.7. The van der Waals surface area contributed by atoms with Crippen LogP contribution >= 0.6 is 15.9 Å². The van der Waals surface area contributed by atoms with Crippen molar-refractivity contribution in [2.75, 3.05) is 0 Å². The smallest absolute Gasteiger partial charge is 0.146 e. The van der Waals surface area contributed by atoms with Crippen LogP contribution in [0.3, 0.4) is 0 Å². The molecular weight excluding hydrogens is 271 g/mol. The molecule has 1 aromatic heterocycles. The number of nitrogens with one attached hydrogen (secondary N) is 1. The Morgan fingerprint density at radius 3 is 2.69 bits per heavy atom. The highest BCUT2D eigenvalue weighted by Crippen LogP contribution is 2.20. The van der Waals surface area contributed by atoms with E-state index in [1.54, 1.807) is 42.6 Å². The Balaban J connectivity index is 2.46. The minimum absolute atomic E-state index is 0.0828. The number of nitrogens with zero attached hydrogens (tertiary/aromatic N) is 1. The summed E-state index contributed by atoms with van der Waals surface area (Å²) in [6.45, 7) is 0. The van der Waals surface area contributed by atoms with Crippen LogP contribution in [-0.4, -0.2) is 10.7 Å². The summed E-state index contributed by atoms with van der Waals surface area (Å²) in [7, 11) is 0. The van der Waals surface area contributed by atoms with Gasteiger partial charge >= 0.3 is 0 Å². The highest BCUT2D eigenvalue weighted by Gasteiger charge is 2.12. The van der Waals surface area contributed by atoms with Gasteiger partial charge in [-0.25, -0.2) is 4.39 Å². The second-order valence-electron chi connectivity index (χ2n) is 3.19. The van der Waals surface area contributed by atoms with E-state index in [0.29, 0.717) is 10.2 Å². The Labute approximate surface area is 101 Å². The zero-order valence-corrected chi connectivity index (χ0v) is 9.83. The number of rotatable bonds is 2. The highest BCUT2D eigenvalue weighted by molar-refractivity contribution is 9.10. The van der Waals surface area contributed by atoms with Crippen molar-refractivity contribution in [2.24, 2.45) is 0 Å². The Bertz CT molecular complexity index is 526. The van der Waals surface area contributed by atoms with Gasteiger partial charge in [-0.1, -0.05) is 12.1 Å². The van der Waals surface area contributed by atoms with E-state index in [1.807, 2.05) is 0 Å². The Hall–Kier alpha value is -1.55. The SMILES string of the molecule is N=C(c1ccccn1)c1cccc(Br)c1F. The van der Waals surface area contributed by atoms with Crippen molar-refractivity contribution in [2.45, 2.75) is 0 Å². The molecule has 0 saturated heterocycles. The number of benzene rings is 1. The molecule has 1 aromatic carbocycles. The lowest BCUT2D eigenvalue weighted by atomic mass is 10.1. The van der Waals surface area contributed by atoms with Gasteiger partial charge in [0.1, 0.15) is 5.82 Å². The molecule has 1 heterocycles. The number of hydrogen-bond donors (Lipinski definition) is 1. The van der Waals surface area contributed by atoms with E-state index in [4.69, 9.17) is 5.41 Å². The Morgan fingerprint density at radius 2 is 2.00 bits per heavy atom. The normalized spacial score (nSPS) is 10.1. The Kier molecular flexibility index (Phi) is 3.10. The standard InChI is InChI=1S/C12H8BrFN2/c13-9-5-3-4-8(11(9)14)12(15)10-6-1-2-7-16-10/h1-7,15H. The molecule has 16 heavy (non-hydrogen) atoms. The average Bonchev–Trinajstić information content (AvgIpc) is 2.33. The summed E-state index contributed by atoms with van der Waals surface area (Å²) in [6, 6.07) is 10.1. The molecule has 0 amide bonds. The molecule has 0 bridgehead atoms. The van der Waals surface area contributed by atoms with E-state index < -0.39 is 5.82 Å². The van der Waals surface area contributed by atoms with E-state index in [0.717, 1.165) is 0 Å². The molecule has 4 heteroatoms. The quantitative estimate of drug-likeness (QED) is 0.840. The van der Waals surface area contributed by atoms with Gasteiger partial charge < -0.3 is 0 Å². The second kappa shape index (κ2) is 4.53. The lowest BCUT2D eigenvalue weighted by molar-refractivity contribution is 0.618. The predicted octanol–water partition coefficient (Wildman–Crippen LogP) is 3.40. The summed E-state index contributed by atoms with van der Waals surface area (Å²) < 4.78 is 14.1. The minimum atomic E-state index is -0.432. The van der Waals surface area contributed by atoms with Crippen LogP contribution in [0.1, 0.15) is 11.3 Å². The first kappa shape index (κ1) is 11.0. The number of halogens is 2. The third-order valence-electron chi connectivity index (χ3n) is 2.14. The van der Waals surface area contributed by atoms with Crippen molar-refractivity contribution in [3.05, 3.63) is 64.1 Å². The highest BCUT2D eigenvalue weighted by atomic mass is 79.9. The molecule has 0 fully saturated rings. The van der Waals surface area contributed by atoms with Crippen LogP contribution in [0.4, 0.5) is 4.39 Å². The Morgan fingerprint density at radius 1 is 1.19 bits per heavy atom. The van der Waals surface area contributed by atoms with E-state index >= 15 is 0 Å². The number of pyridine rings is 1. The third-order valence-corrected chi connectivity index (χ3v) is 2.75. The maximum Gasteiger partial charge on any atom is 0.146 e. The lowest BCUT2D eigenvalue weighted by Gasteiger charge is -2.05. The van der Waals surface area contributed by atoms with Crippen molar-refractivity contribution in [1.29, 1.82) is 5.41 Å². The summed E-state index contributed by atoms with van der Waals surface area (Å²) in [5.74, 6) is -0.432. The predicted molar refractivity (Wildman–Crippen MR) is 64.3 cm³/mol. The van der Waals surface area contributed by atoms with Crippen LogP contribution in [0.15, 0.2) is 47.1 Å². The van der Waals surface area contributed by atoms with E-state index in [1.165, 1.54) is 0 Å². The fourth-order valence-corrected chi connectivity index (χ4v) is 1.71. The molecule has 0 radical (unpaired) electrons. The molecule has 2 nitrogen and oxygen atoms in total. The molecule has 0 spiro atoms. The van der Waals surface area contributed by atoms with Crippen molar-refractivity contribution in [3.63, 3.8) is 0 Å². The van der Waals surface area contributed by atoms with Gasteiger partial charge in [0.05, 0.1) is 15.9 Å². The van der Waals surface area contributed by atoms with Gasteiger partial charge in [-0.2, -0.15) is 0 Å². The summed E-state index contributed by atoms with van der Waals surface area (Å²) in [6.07, 6.45) is 1.58. The van der Waals surface area contributed by atoms with Crippen molar-refractivity contribution in [1.82, 2.24) is 4.98 Å². The average molecular weight is 279 g/mol. The summed E-state index contributed by atoms with van der Waals surface area (Å²) >= 11 is 3.09. The summed E-state index contributed by atoms with van der Waals surface area (Å²) in [5, 5.41) is 7.88. The molecule has 0 atom stereocenters. The van der Waals surface area contributed by atoms with Gasteiger partial charge in [-0.3, -0.25) is 10.4 Å². The van der Waals surface area contributed by atoms with E-state index in [-0.39, 0.29) is 11.3 Å². The first-order chi connectivity index (χ1) is 7.70. The van der Waals surface area contributed by atoms with Gasteiger partial charge in [-0.15, -0.1) is 0 Å². The van der Waals surface area contributed by atoms with Gasteiger partial charge in [0.15, 0.2) is 0 Å². The van der Waals surface area contributed by atoms with Crippen molar-refractivity contribution in [3.8, 4) is 0 Å². The molecule has 0 aliphatic carbocycles. The fourth-order valence-electron chi connectivity index (χ4n) is 1.35. The zero-order valence-electron chi connectivity index (χ0n) is 8.24. The molecule has 2 rings (SSSR count). The molecule has 80 valence electrons. The molecule has 0 unspecified atom stereocenters. The maximum atomic E-state index is 13.7. The molecule has 2 aromatic rings. The monoisotopic (exact) mass is 278 g/mol. The van der Waals surface area contributed by atoms with Gasteiger partial charge in [0, 0.05) is 11.8 Å². The van der Waals surface area contributed by atoms with E-state index in [2.05, 4.69) is 20.9 Å². The molecule has 0 aliphatic rings. The van der Waals surface area contributed by atoms with Crippen LogP contribution in [0.5, 0.6) is 0 Å².